The lowest BCUT2D eigenvalue weighted by Gasteiger charge is -2.15. The Bertz CT molecular complexity index is 843. The highest BCUT2D eigenvalue weighted by Gasteiger charge is 2.24. The fraction of sp³-hybridized carbons (Fsp3) is 0.476. The number of carbonyl (C=O) groups is 2. The fourth-order valence-electron chi connectivity index (χ4n) is 3.62. The zero-order valence-electron chi connectivity index (χ0n) is 14.9. The Kier molecular flexibility index (Phi) is 4.87. The van der Waals surface area contributed by atoms with Gasteiger partial charge in [0.2, 0.25) is 0 Å². The van der Waals surface area contributed by atoms with Crippen molar-refractivity contribution in [2.24, 2.45) is 5.92 Å². The highest BCUT2D eigenvalue weighted by atomic mass is 16.5. The molecular weight excluding hydrogens is 328 g/mol. The monoisotopic (exact) mass is 352 g/mol. The summed E-state index contributed by atoms with van der Waals surface area (Å²) in [6.45, 7) is 0.459. The molecule has 2 aromatic rings. The van der Waals surface area contributed by atoms with Crippen molar-refractivity contribution in [3.05, 3.63) is 41.1 Å². The Morgan fingerprint density at radius 3 is 2.77 bits per heavy atom. The number of nitrogens with one attached hydrogen (secondary N) is 1. The summed E-state index contributed by atoms with van der Waals surface area (Å²) in [7, 11) is 0. The predicted molar refractivity (Wildman–Crippen MR) is 99.0 cm³/mol. The molecule has 5 nitrogen and oxygen atoms in total. The summed E-state index contributed by atoms with van der Waals surface area (Å²) in [4.78, 5) is 29.6. The van der Waals surface area contributed by atoms with Gasteiger partial charge in [0.1, 0.15) is 0 Å². The molecule has 2 aliphatic carbocycles. The molecule has 0 atom stereocenters. The Balaban J connectivity index is 1.58. The largest absolute Gasteiger partial charge is 0.452 e. The Hall–Kier alpha value is -2.43. The van der Waals surface area contributed by atoms with E-state index in [4.69, 9.17) is 9.72 Å². The predicted octanol–water partition coefficient (Wildman–Crippen LogP) is 3.19. The summed E-state index contributed by atoms with van der Waals surface area (Å²) in [5, 5.41) is 3.65. The van der Waals surface area contributed by atoms with E-state index in [1.54, 1.807) is 0 Å². The first-order chi connectivity index (χ1) is 12.7. The van der Waals surface area contributed by atoms with Gasteiger partial charge in [-0.3, -0.25) is 9.78 Å². The van der Waals surface area contributed by atoms with E-state index in [1.165, 1.54) is 12.8 Å². The summed E-state index contributed by atoms with van der Waals surface area (Å²) < 4.78 is 5.38. The minimum Gasteiger partial charge on any atom is -0.452 e. The van der Waals surface area contributed by atoms with Gasteiger partial charge >= 0.3 is 5.97 Å². The van der Waals surface area contributed by atoms with Crippen LogP contribution in [-0.4, -0.2) is 30.0 Å². The number of benzene rings is 1. The summed E-state index contributed by atoms with van der Waals surface area (Å²) in [6, 6.07) is 7.68. The molecule has 1 heterocycles. The first-order valence-electron chi connectivity index (χ1n) is 9.56. The molecule has 0 saturated heterocycles. The van der Waals surface area contributed by atoms with Crippen LogP contribution in [-0.2, 0) is 22.4 Å². The van der Waals surface area contributed by atoms with Crippen LogP contribution >= 0.6 is 0 Å². The van der Waals surface area contributed by atoms with Crippen molar-refractivity contribution < 1.29 is 14.3 Å². The van der Waals surface area contributed by atoms with Crippen molar-refractivity contribution in [1.29, 1.82) is 0 Å². The topological polar surface area (TPSA) is 68.3 Å². The number of aromatic nitrogens is 1. The van der Waals surface area contributed by atoms with Gasteiger partial charge in [-0.15, -0.1) is 0 Å². The molecule has 5 heteroatoms. The summed E-state index contributed by atoms with van der Waals surface area (Å²) >= 11 is 0. The highest BCUT2D eigenvalue weighted by molar-refractivity contribution is 6.05. The van der Waals surface area contributed by atoms with Crippen LogP contribution in [0.2, 0.25) is 0 Å². The molecule has 0 unspecified atom stereocenters. The molecule has 26 heavy (non-hydrogen) atoms. The van der Waals surface area contributed by atoms with Gasteiger partial charge in [0, 0.05) is 17.6 Å². The number of aryl methyl sites for hydroxylation is 1. The Morgan fingerprint density at radius 2 is 1.92 bits per heavy atom. The molecule has 1 fully saturated rings. The number of hydrogen-bond acceptors (Lipinski definition) is 4. The standard InChI is InChI=1S/C21H24N2O3/c24-19(22-12-14-10-11-14)13-26-21(25)20-15-6-2-1-3-8-17(15)23-18-9-5-4-7-16(18)20/h4-5,7,9,14H,1-3,6,8,10-13H2,(H,22,24). The number of ether oxygens (including phenoxy) is 1. The van der Waals surface area contributed by atoms with E-state index in [1.807, 2.05) is 24.3 Å². The molecule has 0 radical (unpaired) electrons. The maximum atomic E-state index is 12.9. The number of nitrogens with zero attached hydrogens (tertiary/aromatic N) is 1. The van der Waals surface area contributed by atoms with Crippen molar-refractivity contribution in [3.8, 4) is 0 Å². The van der Waals surface area contributed by atoms with Crippen LogP contribution in [0.3, 0.4) is 0 Å². The van der Waals surface area contributed by atoms with Gasteiger partial charge in [-0.25, -0.2) is 4.79 Å². The van der Waals surface area contributed by atoms with Crippen LogP contribution in [0.4, 0.5) is 0 Å². The Labute approximate surface area is 153 Å². The number of esters is 1. The third kappa shape index (κ3) is 3.71. The van der Waals surface area contributed by atoms with E-state index in [0.29, 0.717) is 18.0 Å². The zero-order chi connectivity index (χ0) is 17.9. The van der Waals surface area contributed by atoms with E-state index in [9.17, 15) is 9.59 Å². The minimum absolute atomic E-state index is 0.225. The quantitative estimate of drug-likeness (QED) is 0.663. The smallest absolute Gasteiger partial charge is 0.339 e. The fourth-order valence-corrected chi connectivity index (χ4v) is 3.62. The molecule has 2 aliphatic rings. The molecule has 1 aromatic heterocycles. The zero-order valence-corrected chi connectivity index (χ0v) is 14.9. The first-order valence-corrected chi connectivity index (χ1v) is 9.56. The van der Waals surface area contributed by atoms with Gasteiger partial charge in [0.25, 0.3) is 5.91 Å². The normalized spacial score (nSPS) is 16.6. The number of para-hydroxylation sites is 1. The molecule has 1 N–H and O–H groups in total. The van der Waals surface area contributed by atoms with Crippen molar-refractivity contribution in [2.75, 3.05) is 13.2 Å². The van der Waals surface area contributed by atoms with E-state index in [0.717, 1.165) is 54.3 Å². The van der Waals surface area contributed by atoms with Crippen LogP contribution in [0.1, 0.15) is 53.7 Å². The number of carbonyl (C=O) groups excluding carboxylic acids is 2. The molecule has 0 aliphatic heterocycles. The molecule has 0 bridgehead atoms. The van der Waals surface area contributed by atoms with Gasteiger partial charge in [-0.2, -0.15) is 0 Å². The highest BCUT2D eigenvalue weighted by Crippen LogP contribution is 2.29. The average Bonchev–Trinajstić information content (AvgIpc) is 3.49. The second kappa shape index (κ2) is 7.44. The SMILES string of the molecule is O=C(COC(=O)c1c2c(nc3ccccc13)CCCCC2)NCC1CC1. The van der Waals surface area contributed by atoms with E-state index < -0.39 is 5.97 Å². The van der Waals surface area contributed by atoms with Gasteiger partial charge in [-0.05, 0) is 56.1 Å². The second-order valence-corrected chi connectivity index (χ2v) is 7.31. The number of hydrogen-bond donors (Lipinski definition) is 1. The van der Waals surface area contributed by atoms with Gasteiger partial charge in [0.15, 0.2) is 6.61 Å². The summed E-state index contributed by atoms with van der Waals surface area (Å²) in [5.41, 5.74) is 3.43. The third-order valence-electron chi connectivity index (χ3n) is 5.24. The van der Waals surface area contributed by atoms with Gasteiger partial charge < -0.3 is 10.1 Å². The molecule has 4 rings (SSSR count). The van der Waals surface area contributed by atoms with Crippen molar-refractivity contribution in [1.82, 2.24) is 10.3 Å². The lowest BCUT2D eigenvalue weighted by Crippen LogP contribution is -2.30. The van der Waals surface area contributed by atoms with Crippen LogP contribution in [0.15, 0.2) is 24.3 Å². The number of pyridine rings is 1. The van der Waals surface area contributed by atoms with Crippen LogP contribution in [0.25, 0.3) is 10.9 Å². The van der Waals surface area contributed by atoms with E-state index in [2.05, 4.69) is 5.32 Å². The van der Waals surface area contributed by atoms with Crippen molar-refractivity contribution in [2.45, 2.75) is 44.9 Å². The van der Waals surface area contributed by atoms with Crippen LogP contribution < -0.4 is 5.32 Å². The van der Waals surface area contributed by atoms with Crippen molar-refractivity contribution >= 4 is 22.8 Å². The minimum atomic E-state index is -0.414. The van der Waals surface area contributed by atoms with E-state index in [-0.39, 0.29) is 12.5 Å². The van der Waals surface area contributed by atoms with Gasteiger partial charge in [-0.1, -0.05) is 24.6 Å². The molecular formula is C21H24N2O3. The van der Waals surface area contributed by atoms with E-state index >= 15 is 0 Å². The molecule has 1 aromatic carbocycles. The molecule has 136 valence electrons. The van der Waals surface area contributed by atoms with Crippen LogP contribution in [0, 0.1) is 5.92 Å². The number of rotatable bonds is 5. The lowest BCUT2D eigenvalue weighted by molar-refractivity contribution is -0.124. The third-order valence-corrected chi connectivity index (χ3v) is 5.24. The average molecular weight is 352 g/mol. The van der Waals surface area contributed by atoms with Gasteiger partial charge in [0.05, 0.1) is 11.1 Å². The van der Waals surface area contributed by atoms with Crippen LogP contribution in [0.5, 0.6) is 0 Å². The summed E-state index contributed by atoms with van der Waals surface area (Å²) in [5.74, 6) is -0.0346. The maximum Gasteiger partial charge on any atom is 0.339 e. The first kappa shape index (κ1) is 17.0. The molecule has 1 saturated carbocycles. The number of fused-ring (bicyclic) bond motifs is 2. The number of amides is 1. The summed E-state index contributed by atoms with van der Waals surface area (Å²) in [6.07, 6.45) is 7.37. The Morgan fingerprint density at radius 1 is 1.12 bits per heavy atom. The molecule has 0 spiro atoms. The maximum absolute atomic E-state index is 12.9. The lowest BCUT2D eigenvalue weighted by atomic mass is 9.97. The molecule has 1 amide bonds. The second-order valence-electron chi connectivity index (χ2n) is 7.31. The van der Waals surface area contributed by atoms with Crippen molar-refractivity contribution in [3.63, 3.8) is 0 Å².